The quantitative estimate of drug-likeness (QED) is 0.0796. The Bertz CT molecular complexity index is 2680. The smallest absolute Gasteiger partial charge is 0.407 e. The summed E-state index contributed by atoms with van der Waals surface area (Å²) in [5, 5.41) is 17.9. The zero-order valence-corrected chi connectivity index (χ0v) is 36.6. The first-order valence-electron chi connectivity index (χ1n) is 21.8. The summed E-state index contributed by atoms with van der Waals surface area (Å²) in [6.45, 7) is 5.70. The van der Waals surface area contributed by atoms with Crippen molar-refractivity contribution in [3.63, 3.8) is 0 Å². The summed E-state index contributed by atoms with van der Waals surface area (Å²) < 4.78 is 21.8. The third-order valence-electron chi connectivity index (χ3n) is 12.8. The van der Waals surface area contributed by atoms with Crippen molar-refractivity contribution in [1.82, 2.24) is 40.4 Å². The van der Waals surface area contributed by atoms with Gasteiger partial charge < -0.3 is 49.1 Å². The zero-order chi connectivity index (χ0) is 44.6. The van der Waals surface area contributed by atoms with Gasteiger partial charge in [-0.05, 0) is 77.1 Å². The number of alkyl carbamates (subject to hydrolysis) is 1. The number of likely N-dealkylation sites (tertiary alicyclic amines) is 2. The number of nitrogens with one attached hydrogen (secondary N) is 4. The van der Waals surface area contributed by atoms with E-state index in [0.717, 1.165) is 73.9 Å². The molecule has 64 heavy (non-hydrogen) atoms. The van der Waals surface area contributed by atoms with E-state index >= 15 is 0 Å². The molecule has 0 aliphatic carbocycles. The number of aromatic nitrogens is 4. The van der Waals surface area contributed by atoms with Crippen molar-refractivity contribution in [2.75, 3.05) is 41.0 Å². The van der Waals surface area contributed by atoms with Crippen molar-refractivity contribution in [1.29, 1.82) is 0 Å². The number of carbonyl (C=O) groups is 3. The lowest BCUT2D eigenvalue weighted by Gasteiger charge is -2.30. The molecule has 5 heterocycles. The number of ether oxygens (including phenoxy) is 4. The third-order valence-corrected chi connectivity index (χ3v) is 12.8. The Kier molecular flexibility index (Phi) is 12.1. The number of methoxy groups -OCH3 is 3. The highest BCUT2D eigenvalue weighted by atomic mass is 16.6. The molecule has 3 amide bonds. The Labute approximate surface area is 370 Å². The van der Waals surface area contributed by atoms with Crippen molar-refractivity contribution < 1.29 is 38.4 Å². The fourth-order valence-corrected chi connectivity index (χ4v) is 9.59. The molecule has 9 rings (SSSR count). The summed E-state index contributed by atoms with van der Waals surface area (Å²) in [4.78, 5) is 61.0. The van der Waals surface area contributed by atoms with E-state index in [-0.39, 0.29) is 35.7 Å². The van der Waals surface area contributed by atoms with Crippen LogP contribution >= 0.6 is 0 Å². The van der Waals surface area contributed by atoms with Gasteiger partial charge in [-0.25, -0.2) is 14.8 Å². The van der Waals surface area contributed by atoms with Crippen LogP contribution in [0.1, 0.15) is 74.0 Å². The van der Waals surface area contributed by atoms with E-state index in [4.69, 9.17) is 28.9 Å². The molecule has 0 bridgehead atoms. The number of aromatic amines is 2. The van der Waals surface area contributed by atoms with Gasteiger partial charge in [-0.2, -0.15) is 0 Å². The second-order valence-electron chi connectivity index (χ2n) is 17.2. The second kappa shape index (κ2) is 18.0. The van der Waals surface area contributed by atoms with Crippen LogP contribution in [0.3, 0.4) is 0 Å². The number of aliphatic hydroxyl groups excluding tert-OH is 1. The lowest BCUT2D eigenvalue weighted by atomic mass is 9.92. The first-order valence-corrected chi connectivity index (χ1v) is 21.8. The Morgan fingerprint density at radius 3 is 2.53 bits per heavy atom. The number of aliphatic hydroxyl groups is 1. The molecule has 0 saturated carbocycles. The number of imidazole rings is 2. The molecule has 2 aromatic heterocycles. The average Bonchev–Trinajstić information content (AvgIpc) is 4.15. The summed E-state index contributed by atoms with van der Waals surface area (Å²) in [7, 11) is 4.33. The number of rotatable bonds is 13. The Hall–Kier alpha value is -6.33. The monoisotopic (exact) mass is 870 g/mol. The predicted molar refractivity (Wildman–Crippen MR) is 239 cm³/mol. The predicted octanol–water partition coefficient (Wildman–Crippen LogP) is 6.50. The van der Waals surface area contributed by atoms with Gasteiger partial charge in [0.1, 0.15) is 36.1 Å². The van der Waals surface area contributed by atoms with Crippen LogP contribution in [0.2, 0.25) is 0 Å². The van der Waals surface area contributed by atoms with E-state index in [0.29, 0.717) is 44.4 Å². The number of fused-ring (bicyclic) bond motifs is 6. The number of hydrogen-bond acceptors (Lipinski definition) is 11. The average molecular weight is 871 g/mol. The minimum Gasteiger partial charge on any atom is -0.488 e. The number of H-pyrrole nitrogens is 2. The summed E-state index contributed by atoms with van der Waals surface area (Å²) in [6, 6.07) is 21.8. The molecule has 2 saturated heterocycles. The van der Waals surface area contributed by atoms with Crippen molar-refractivity contribution in [2.24, 2.45) is 11.8 Å². The lowest BCUT2D eigenvalue weighted by molar-refractivity contribution is -0.143. The first-order chi connectivity index (χ1) is 31.0. The van der Waals surface area contributed by atoms with Crippen LogP contribution in [0, 0.1) is 11.8 Å². The number of benzene rings is 4. The van der Waals surface area contributed by atoms with Gasteiger partial charge in [-0.1, -0.05) is 62.4 Å². The Morgan fingerprint density at radius 1 is 0.938 bits per heavy atom. The fourth-order valence-electron chi connectivity index (χ4n) is 9.59. The highest BCUT2D eigenvalue weighted by molar-refractivity contribution is 6.07. The standard InChI is InChI=1S/C48H54N8O8/c1-26(2)40(53-47(59)62-4)45(57)56-23-27(24-61-3)18-38(56)44-50-35-16-14-29-20-34-32-15-13-30(19-31(32)25-64-39(34)21-33(29)42(35)52-44)36-22-49-43(51-36)37-12-9-17-55(37)46(58)41(54-48(60)63-5)28-10-7-6-8-11-28/h6-8,10-11,13-16,19-22,26-27,37-38,40-41,48,54,60H,9,12,17-18,23-25H2,1-5H3,(H,49,51)(H,50,52)(H,53,59)/t27-,37-,38-,40-,41+,48?/m0/s1. The van der Waals surface area contributed by atoms with Crippen molar-refractivity contribution in [3.8, 4) is 28.1 Å². The lowest BCUT2D eigenvalue weighted by Crippen LogP contribution is -2.51. The molecule has 0 spiro atoms. The SMILES string of the molecule is COC[C@H]1C[C@@H](c2nc3c(ccc4cc5c(cc43)OCc3cc(-c4cnc([C@@H]6CCCN6C(=O)[C@H](NC(O)OC)c6ccccc6)[nH]4)ccc3-5)[nH]2)N(C(=O)[C@@H](NC(=O)OC)C(C)C)C1. The summed E-state index contributed by atoms with van der Waals surface area (Å²) in [6.07, 6.45) is 2.09. The van der Waals surface area contributed by atoms with Gasteiger partial charge in [-0.15, -0.1) is 0 Å². The highest BCUT2D eigenvalue weighted by Crippen LogP contribution is 2.44. The van der Waals surface area contributed by atoms with Gasteiger partial charge in [0.15, 0.2) is 0 Å². The fraction of sp³-hybridized carbons (Fsp3) is 0.396. The van der Waals surface area contributed by atoms with Gasteiger partial charge in [0, 0.05) is 44.2 Å². The molecular formula is C48H54N8O8. The van der Waals surface area contributed by atoms with Crippen LogP contribution in [0.15, 0.2) is 79.0 Å². The topological polar surface area (TPSA) is 196 Å². The van der Waals surface area contributed by atoms with Gasteiger partial charge in [0.25, 0.3) is 0 Å². The van der Waals surface area contributed by atoms with Crippen LogP contribution in [-0.4, -0.2) is 106 Å². The van der Waals surface area contributed by atoms with Gasteiger partial charge in [-0.3, -0.25) is 14.9 Å². The first kappa shape index (κ1) is 42.9. The molecule has 1 unspecified atom stereocenters. The van der Waals surface area contributed by atoms with Crippen molar-refractivity contribution >= 4 is 39.7 Å². The van der Waals surface area contributed by atoms with E-state index in [1.54, 1.807) is 7.11 Å². The maximum absolute atomic E-state index is 14.1. The molecule has 16 heteroatoms. The summed E-state index contributed by atoms with van der Waals surface area (Å²) in [5.74, 6) is 1.72. The zero-order valence-electron chi connectivity index (χ0n) is 36.6. The third kappa shape index (κ3) is 8.17. The maximum Gasteiger partial charge on any atom is 0.407 e. The normalized spacial score (nSPS) is 19.6. The molecule has 4 aromatic carbocycles. The number of hydrogen-bond donors (Lipinski definition) is 5. The molecule has 334 valence electrons. The van der Waals surface area contributed by atoms with Crippen LogP contribution in [0.25, 0.3) is 44.2 Å². The number of carbonyl (C=O) groups excluding carboxylic acids is 3. The van der Waals surface area contributed by atoms with E-state index in [2.05, 4.69) is 57.0 Å². The van der Waals surface area contributed by atoms with Crippen LogP contribution in [0.4, 0.5) is 4.79 Å². The van der Waals surface area contributed by atoms with Crippen molar-refractivity contribution in [2.45, 2.75) is 70.3 Å². The molecule has 6 atom stereocenters. The molecular weight excluding hydrogens is 817 g/mol. The van der Waals surface area contributed by atoms with Crippen LogP contribution in [0.5, 0.6) is 5.75 Å². The van der Waals surface area contributed by atoms with Crippen LogP contribution < -0.4 is 15.4 Å². The van der Waals surface area contributed by atoms with Gasteiger partial charge in [0.05, 0.1) is 48.7 Å². The van der Waals surface area contributed by atoms with Crippen molar-refractivity contribution in [3.05, 3.63) is 102 Å². The van der Waals surface area contributed by atoms with E-state index in [1.807, 2.05) is 66.2 Å². The van der Waals surface area contributed by atoms with Crippen LogP contribution in [-0.2, 0) is 30.4 Å². The molecule has 5 N–H and O–H groups in total. The maximum atomic E-state index is 14.1. The van der Waals surface area contributed by atoms with Gasteiger partial charge in [0.2, 0.25) is 18.2 Å². The van der Waals surface area contributed by atoms with E-state index < -0.39 is 24.6 Å². The second-order valence-corrected chi connectivity index (χ2v) is 17.2. The summed E-state index contributed by atoms with van der Waals surface area (Å²) >= 11 is 0. The molecule has 3 aliphatic heterocycles. The molecule has 3 aliphatic rings. The number of amides is 3. The largest absolute Gasteiger partial charge is 0.488 e. The molecule has 2 fully saturated rings. The van der Waals surface area contributed by atoms with E-state index in [9.17, 15) is 19.5 Å². The highest BCUT2D eigenvalue weighted by Gasteiger charge is 2.42. The number of nitrogens with zero attached hydrogens (tertiary/aromatic N) is 4. The van der Waals surface area contributed by atoms with E-state index in [1.165, 1.54) is 14.2 Å². The molecule has 16 nitrogen and oxygen atoms in total. The Balaban J connectivity index is 0.965. The minimum absolute atomic E-state index is 0.0958. The molecule has 0 radical (unpaired) electrons. The Morgan fingerprint density at radius 2 is 1.77 bits per heavy atom. The molecule has 6 aromatic rings. The van der Waals surface area contributed by atoms with Gasteiger partial charge >= 0.3 is 6.09 Å². The minimum atomic E-state index is -1.31. The summed E-state index contributed by atoms with van der Waals surface area (Å²) in [5.41, 5.74) is 7.24.